The Morgan fingerprint density at radius 2 is 2.04 bits per heavy atom. The standard InChI is InChI=1S/C16H22N2O3.2ClH.Zr/c1-4-16(2,3)14-9-13(18(20)21)8-11(15(14)19)10-17-12-6-5-7-12;;;/h8-10,12,19H,4-7H2,1-3H3;2*1H;/q;;;+2/p-2. The molecular weight excluding hydrogens is 430 g/mol. The van der Waals surface area contributed by atoms with Crippen molar-refractivity contribution in [1.82, 2.24) is 0 Å². The number of nitro groups is 1. The monoisotopic (exact) mass is 450 g/mol. The summed E-state index contributed by atoms with van der Waals surface area (Å²) in [7, 11) is 9.87. The van der Waals surface area contributed by atoms with Crippen LogP contribution in [0.25, 0.3) is 0 Å². The number of halogens is 2. The number of nitrogens with zero attached hydrogens (tertiary/aromatic N) is 2. The van der Waals surface area contributed by atoms with Crippen molar-refractivity contribution < 1.29 is 30.9 Å². The second-order valence-electron chi connectivity index (χ2n) is 6.36. The summed E-state index contributed by atoms with van der Waals surface area (Å²) in [6.07, 6.45) is 5.65. The molecule has 0 unspecified atom stereocenters. The van der Waals surface area contributed by atoms with Gasteiger partial charge < -0.3 is 5.11 Å². The van der Waals surface area contributed by atoms with E-state index in [1.54, 1.807) is 6.21 Å². The zero-order valence-electron chi connectivity index (χ0n) is 14.1. The van der Waals surface area contributed by atoms with Crippen LogP contribution < -0.4 is 0 Å². The molecule has 5 nitrogen and oxygen atoms in total. The first-order chi connectivity index (χ1) is 11.3. The number of phenolic OH excluding ortho intramolecular Hbond substituents is 1. The van der Waals surface area contributed by atoms with Gasteiger partial charge in [-0.3, -0.25) is 15.1 Å². The zero-order chi connectivity index (χ0) is 18.3. The molecule has 1 aliphatic carbocycles. The first-order valence-electron chi connectivity index (χ1n) is 7.78. The first-order valence-corrected chi connectivity index (χ1v) is 14.1. The van der Waals surface area contributed by atoms with Gasteiger partial charge in [0.1, 0.15) is 5.75 Å². The quantitative estimate of drug-likeness (QED) is 0.372. The Morgan fingerprint density at radius 1 is 1.46 bits per heavy atom. The molecule has 2 rings (SSSR count). The van der Waals surface area contributed by atoms with Crippen molar-refractivity contribution in [1.29, 1.82) is 0 Å². The van der Waals surface area contributed by atoms with Crippen LogP contribution in [0, 0.1) is 10.1 Å². The molecule has 1 aliphatic rings. The number of rotatable bonds is 5. The van der Waals surface area contributed by atoms with E-state index in [9.17, 15) is 15.2 Å². The van der Waals surface area contributed by atoms with E-state index < -0.39 is 25.8 Å². The molecule has 24 heavy (non-hydrogen) atoms. The number of non-ortho nitro benzene ring substituents is 1. The van der Waals surface area contributed by atoms with Crippen molar-refractivity contribution in [2.24, 2.45) is 4.99 Å². The van der Waals surface area contributed by atoms with Gasteiger partial charge in [-0.05, 0) is 31.1 Å². The van der Waals surface area contributed by atoms with Gasteiger partial charge in [0.05, 0.1) is 4.92 Å². The van der Waals surface area contributed by atoms with Gasteiger partial charge in [-0.25, -0.2) is 0 Å². The van der Waals surface area contributed by atoms with Gasteiger partial charge in [0.2, 0.25) is 0 Å². The fraction of sp³-hybridized carbons (Fsp3) is 0.562. The van der Waals surface area contributed by atoms with Crippen molar-refractivity contribution in [3.05, 3.63) is 33.4 Å². The number of aliphatic imine (C=N–C) groups is 1. The average Bonchev–Trinajstić information content (AvgIpc) is 2.47. The fourth-order valence-electron chi connectivity index (χ4n) is 2.27. The van der Waals surface area contributed by atoms with E-state index >= 15 is 0 Å². The van der Waals surface area contributed by atoms with Gasteiger partial charge in [-0.2, -0.15) is 0 Å². The van der Waals surface area contributed by atoms with Crippen molar-refractivity contribution in [2.75, 3.05) is 0 Å². The van der Waals surface area contributed by atoms with Gasteiger partial charge in [0.25, 0.3) is 5.69 Å². The molecule has 0 aromatic heterocycles. The third-order valence-electron chi connectivity index (χ3n) is 4.45. The molecule has 0 spiro atoms. The normalized spacial score (nSPS) is 14.7. The summed E-state index contributed by atoms with van der Waals surface area (Å²) < 4.78 is 0. The summed E-state index contributed by atoms with van der Waals surface area (Å²) in [4.78, 5) is 15.1. The molecule has 0 amide bonds. The van der Waals surface area contributed by atoms with Crippen molar-refractivity contribution in [3.63, 3.8) is 0 Å². The number of nitro benzene ring substituents is 1. The van der Waals surface area contributed by atoms with Crippen LogP contribution in [0.1, 0.15) is 57.6 Å². The molecule has 1 aromatic carbocycles. The number of hydrogen-bond donors (Lipinski definition) is 1. The SMILES string of the molecule is CCC(C)(C)c1cc([N+](=O)[O-])cc(C=NC2CCC2)c1O.[Cl][Zr][Cl]. The van der Waals surface area contributed by atoms with Crippen LogP contribution in [0.3, 0.4) is 0 Å². The van der Waals surface area contributed by atoms with E-state index in [2.05, 4.69) is 4.99 Å². The molecule has 0 saturated heterocycles. The Balaban J connectivity index is 0.000000891. The maximum absolute atomic E-state index is 11.1. The molecule has 8 heteroatoms. The second-order valence-corrected chi connectivity index (χ2v) is 10.1. The van der Waals surface area contributed by atoms with Crippen molar-refractivity contribution >= 4 is 28.9 Å². The molecule has 1 saturated carbocycles. The minimum absolute atomic E-state index is 0.000570. The predicted molar refractivity (Wildman–Crippen MR) is 95.0 cm³/mol. The molecule has 0 aliphatic heterocycles. The summed E-state index contributed by atoms with van der Waals surface area (Å²) in [6.45, 7) is 5.94. The number of phenols is 1. The molecule has 0 bridgehead atoms. The summed E-state index contributed by atoms with van der Waals surface area (Å²) in [5.41, 5.74) is 0.719. The fourth-order valence-corrected chi connectivity index (χ4v) is 2.27. The van der Waals surface area contributed by atoms with Crippen LogP contribution in [-0.2, 0) is 26.3 Å². The van der Waals surface area contributed by atoms with Gasteiger partial charge in [0.15, 0.2) is 0 Å². The van der Waals surface area contributed by atoms with E-state index in [0.29, 0.717) is 17.2 Å². The first kappa shape index (κ1) is 21.6. The number of benzene rings is 1. The second kappa shape index (κ2) is 9.89. The summed E-state index contributed by atoms with van der Waals surface area (Å²) in [5, 5.41) is 21.6. The van der Waals surface area contributed by atoms with E-state index in [1.807, 2.05) is 20.8 Å². The molecule has 0 atom stereocenters. The van der Waals surface area contributed by atoms with Crippen LogP contribution in [0.4, 0.5) is 5.69 Å². The van der Waals surface area contributed by atoms with Crippen LogP contribution in [0.15, 0.2) is 17.1 Å². The molecule has 1 aromatic rings. The van der Waals surface area contributed by atoms with Gasteiger partial charge in [0, 0.05) is 35.5 Å². The molecule has 1 N–H and O–H groups in total. The van der Waals surface area contributed by atoms with Crippen LogP contribution in [0.5, 0.6) is 5.75 Å². The van der Waals surface area contributed by atoms with E-state index in [4.69, 9.17) is 17.0 Å². The number of aromatic hydroxyl groups is 1. The van der Waals surface area contributed by atoms with Crippen LogP contribution in [-0.4, -0.2) is 22.3 Å². The molecular formula is C16H22Cl2N2O3Zr. The minimum atomic E-state index is -0.826. The summed E-state index contributed by atoms with van der Waals surface area (Å²) in [5.74, 6) is 0.107. The Bertz CT molecular complexity index is 605. The van der Waals surface area contributed by atoms with Gasteiger partial charge in [-0.1, -0.05) is 20.8 Å². The van der Waals surface area contributed by atoms with Crippen LogP contribution in [0.2, 0.25) is 0 Å². The Labute approximate surface area is 161 Å². The van der Waals surface area contributed by atoms with Gasteiger partial charge in [-0.15, -0.1) is 0 Å². The maximum atomic E-state index is 11.1. The van der Waals surface area contributed by atoms with E-state index in [1.165, 1.54) is 18.6 Å². The van der Waals surface area contributed by atoms with E-state index in [0.717, 1.165) is 19.3 Å². The van der Waals surface area contributed by atoms with Gasteiger partial charge >= 0.3 is 37.9 Å². The molecule has 132 valence electrons. The summed E-state index contributed by atoms with van der Waals surface area (Å²) >= 11 is -0.826. The molecule has 0 radical (unpaired) electrons. The molecule has 0 heterocycles. The van der Waals surface area contributed by atoms with Crippen molar-refractivity contribution in [3.8, 4) is 5.75 Å². The Kier molecular flexibility index (Phi) is 8.90. The predicted octanol–water partition coefficient (Wildman–Crippen LogP) is 5.34. The Hall–Kier alpha value is -0.447. The summed E-state index contributed by atoms with van der Waals surface area (Å²) in [6, 6.07) is 3.16. The van der Waals surface area contributed by atoms with Crippen molar-refractivity contribution in [2.45, 2.75) is 57.9 Å². The van der Waals surface area contributed by atoms with Crippen LogP contribution >= 0.6 is 17.0 Å². The average molecular weight is 452 g/mol. The third kappa shape index (κ3) is 5.82. The zero-order valence-corrected chi connectivity index (χ0v) is 18.0. The number of hydrogen-bond acceptors (Lipinski definition) is 4. The van der Waals surface area contributed by atoms with E-state index in [-0.39, 0.29) is 16.9 Å². The Morgan fingerprint density at radius 3 is 2.46 bits per heavy atom. The topological polar surface area (TPSA) is 75.7 Å². The third-order valence-corrected chi connectivity index (χ3v) is 4.45. The molecule has 1 fully saturated rings.